The Bertz CT molecular complexity index is 299. The van der Waals surface area contributed by atoms with Crippen molar-refractivity contribution in [2.24, 2.45) is 0 Å². The summed E-state index contributed by atoms with van der Waals surface area (Å²) in [5.41, 5.74) is 0. The molecule has 0 bridgehead atoms. The van der Waals surface area contributed by atoms with E-state index in [-0.39, 0.29) is 12.0 Å². The van der Waals surface area contributed by atoms with Crippen LogP contribution in [0.3, 0.4) is 0 Å². The summed E-state index contributed by atoms with van der Waals surface area (Å²) in [7, 11) is -2.54. The summed E-state index contributed by atoms with van der Waals surface area (Å²) in [5, 5.41) is 0. The smallest absolute Gasteiger partial charge is 0.465 e. The first-order valence-corrected chi connectivity index (χ1v) is 9.88. The molecule has 21 heavy (non-hydrogen) atoms. The Kier molecular flexibility index (Phi) is 8.43. The topological polar surface area (TPSA) is 57.0 Å². The maximum atomic E-state index is 11.6. The van der Waals surface area contributed by atoms with Gasteiger partial charge in [0.15, 0.2) is 0 Å². The van der Waals surface area contributed by atoms with E-state index in [1.165, 1.54) is 0 Å². The van der Waals surface area contributed by atoms with E-state index < -0.39 is 8.80 Å². The second-order valence-corrected chi connectivity index (χ2v) is 7.58. The van der Waals surface area contributed by atoms with Gasteiger partial charge in [-0.05, 0) is 40.7 Å². The highest BCUT2D eigenvalue weighted by molar-refractivity contribution is 6.60. The summed E-state index contributed by atoms with van der Waals surface area (Å²) in [5.74, 6) is -0.111. The van der Waals surface area contributed by atoms with E-state index in [0.717, 1.165) is 25.6 Å². The van der Waals surface area contributed by atoms with Gasteiger partial charge in [0.1, 0.15) is 6.04 Å². The molecule has 0 aromatic rings. The van der Waals surface area contributed by atoms with Gasteiger partial charge in [-0.3, -0.25) is 9.69 Å². The largest absolute Gasteiger partial charge is 0.500 e. The molecule has 0 radical (unpaired) electrons. The van der Waals surface area contributed by atoms with Gasteiger partial charge in [-0.15, -0.1) is 0 Å². The van der Waals surface area contributed by atoms with Crippen LogP contribution in [0.15, 0.2) is 0 Å². The first-order valence-electron chi connectivity index (χ1n) is 7.94. The molecule has 1 aliphatic heterocycles. The van der Waals surface area contributed by atoms with E-state index in [0.29, 0.717) is 26.4 Å². The van der Waals surface area contributed by atoms with Crippen molar-refractivity contribution in [3.63, 3.8) is 0 Å². The van der Waals surface area contributed by atoms with Gasteiger partial charge >= 0.3 is 14.8 Å². The van der Waals surface area contributed by atoms with Crippen molar-refractivity contribution in [2.45, 2.75) is 46.2 Å². The average molecular weight is 319 g/mol. The van der Waals surface area contributed by atoms with Crippen LogP contribution in [0.5, 0.6) is 0 Å². The predicted octanol–water partition coefficient (Wildman–Crippen LogP) is 1.67. The zero-order valence-corrected chi connectivity index (χ0v) is 14.7. The molecule has 0 aliphatic carbocycles. The minimum atomic E-state index is -2.54. The van der Waals surface area contributed by atoms with Crippen molar-refractivity contribution in [2.75, 3.05) is 39.5 Å². The standard InChI is InChI=1S/C14H29NO5Si/c1-5-17-14(16)13-12-15(13)10-9-11-21(18-6-2,19-7-3)20-8-4/h13H,5-12H2,1-4H3/t13-,15+/m0/s1. The van der Waals surface area contributed by atoms with Gasteiger partial charge < -0.3 is 18.0 Å². The zero-order valence-electron chi connectivity index (χ0n) is 13.7. The molecule has 0 aromatic carbocycles. The Morgan fingerprint density at radius 1 is 1.05 bits per heavy atom. The number of esters is 1. The second kappa shape index (κ2) is 9.53. The monoisotopic (exact) mass is 319 g/mol. The summed E-state index contributed by atoms with van der Waals surface area (Å²) in [6.45, 7) is 11.6. The molecular weight excluding hydrogens is 290 g/mol. The molecule has 0 unspecified atom stereocenters. The van der Waals surface area contributed by atoms with Crippen molar-refractivity contribution < 1.29 is 22.8 Å². The van der Waals surface area contributed by atoms with Gasteiger partial charge in [-0.2, -0.15) is 0 Å². The van der Waals surface area contributed by atoms with E-state index in [2.05, 4.69) is 4.90 Å². The van der Waals surface area contributed by atoms with Crippen LogP contribution in [0.1, 0.15) is 34.1 Å². The van der Waals surface area contributed by atoms with Gasteiger partial charge in [0.25, 0.3) is 0 Å². The van der Waals surface area contributed by atoms with E-state index >= 15 is 0 Å². The summed E-state index contributed by atoms with van der Waals surface area (Å²) >= 11 is 0. The van der Waals surface area contributed by atoms with E-state index in [9.17, 15) is 4.79 Å². The third kappa shape index (κ3) is 6.04. The van der Waals surface area contributed by atoms with Crippen LogP contribution < -0.4 is 0 Å². The second-order valence-electron chi connectivity index (χ2n) is 4.85. The van der Waals surface area contributed by atoms with Crippen LogP contribution in [0.4, 0.5) is 0 Å². The van der Waals surface area contributed by atoms with Crippen molar-refractivity contribution in [3.05, 3.63) is 0 Å². The lowest BCUT2D eigenvalue weighted by molar-refractivity contribution is -0.143. The summed E-state index contributed by atoms with van der Waals surface area (Å²) in [6.07, 6.45) is 0.905. The molecular formula is C14H29NO5Si. The van der Waals surface area contributed by atoms with Gasteiger partial charge in [0.2, 0.25) is 0 Å². The number of carbonyl (C=O) groups is 1. The molecule has 1 saturated heterocycles. The normalized spacial score (nSPS) is 21.3. The summed E-state index contributed by atoms with van der Waals surface area (Å²) in [4.78, 5) is 13.7. The van der Waals surface area contributed by atoms with Crippen LogP contribution in [0, 0.1) is 0 Å². The summed E-state index contributed by atoms with van der Waals surface area (Å²) < 4.78 is 22.4. The fourth-order valence-corrected chi connectivity index (χ4v) is 4.98. The molecule has 1 heterocycles. The molecule has 0 N–H and O–H groups in total. The Morgan fingerprint density at radius 3 is 2.10 bits per heavy atom. The number of ether oxygens (including phenoxy) is 1. The molecule has 1 aliphatic rings. The Hall–Kier alpha value is -0.473. The maximum absolute atomic E-state index is 11.6. The third-order valence-corrected chi connectivity index (χ3v) is 6.45. The Labute approximate surface area is 129 Å². The molecule has 1 rings (SSSR count). The minimum absolute atomic E-state index is 0.0488. The van der Waals surface area contributed by atoms with Gasteiger partial charge in [-0.1, -0.05) is 0 Å². The SMILES string of the molecule is CCOC(=O)[C@@H]1C[N@@]1CCC[Si](OCC)(OCC)OCC. The Morgan fingerprint density at radius 2 is 1.62 bits per heavy atom. The molecule has 6 nitrogen and oxygen atoms in total. The van der Waals surface area contributed by atoms with E-state index in [1.54, 1.807) is 0 Å². The van der Waals surface area contributed by atoms with Crippen molar-refractivity contribution in [1.29, 1.82) is 0 Å². The molecule has 7 heteroatoms. The van der Waals surface area contributed by atoms with Gasteiger partial charge in [-0.25, -0.2) is 0 Å². The quantitative estimate of drug-likeness (QED) is 0.310. The lowest BCUT2D eigenvalue weighted by atomic mass is 10.4. The van der Waals surface area contributed by atoms with Gasteiger partial charge in [0.05, 0.1) is 6.61 Å². The highest BCUT2D eigenvalue weighted by atomic mass is 28.4. The lowest BCUT2D eigenvalue weighted by Crippen LogP contribution is -2.46. The Balaban J connectivity index is 2.35. The van der Waals surface area contributed by atoms with Crippen LogP contribution in [-0.4, -0.2) is 65.2 Å². The van der Waals surface area contributed by atoms with Crippen molar-refractivity contribution in [3.8, 4) is 0 Å². The number of rotatable bonds is 12. The number of carbonyl (C=O) groups excluding carboxylic acids is 1. The minimum Gasteiger partial charge on any atom is -0.465 e. The molecule has 124 valence electrons. The highest BCUT2D eigenvalue weighted by Gasteiger charge is 2.43. The van der Waals surface area contributed by atoms with Crippen molar-refractivity contribution in [1.82, 2.24) is 4.90 Å². The maximum Gasteiger partial charge on any atom is 0.500 e. The number of nitrogens with zero attached hydrogens (tertiary/aromatic N) is 1. The molecule has 0 saturated carbocycles. The zero-order chi connectivity index (χ0) is 15.7. The first kappa shape index (κ1) is 18.6. The molecule has 0 amide bonds. The molecule has 0 aromatic heterocycles. The lowest BCUT2D eigenvalue weighted by Gasteiger charge is -2.28. The predicted molar refractivity (Wildman–Crippen MR) is 82.1 cm³/mol. The van der Waals surface area contributed by atoms with Crippen LogP contribution in [-0.2, 0) is 22.8 Å². The van der Waals surface area contributed by atoms with Crippen LogP contribution >= 0.6 is 0 Å². The molecule has 0 spiro atoms. The first-order chi connectivity index (χ1) is 10.1. The third-order valence-electron chi connectivity index (χ3n) is 3.29. The fraction of sp³-hybridized carbons (Fsp3) is 0.929. The van der Waals surface area contributed by atoms with E-state index in [4.69, 9.17) is 18.0 Å². The number of hydrogen-bond acceptors (Lipinski definition) is 6. The molecule has 1 fully saturated rings. The van der Waals surface area contributed by atoms with Gasteiger partial charge in [0, 0.05) is 32.4 Å². The van der Waals surface area contributed by atoms with Crippen LogP contribution in [0.25, 0.3) is 0 Å². The fourth-order valence-electron chi connectivity index (χ4n) is 2.38. The van der Waals surface area contributed by atoms with E-state index in [1.807, 2.05) is 27.7 Å². The van der Waals surface area contributed by atoms with Crippen LogP contribution in [0.2, 0.25) is 6.04 Å². The summed E-state index contributed by atoms with van der Waals surface area (Å²) in [6, 6.07) is 0.737. The average Bonchev–Trinajstić information content (AvgIpc) is 3.19. The molecule has 2 atom stereocenters. The number of hydrogen-bond donors (Lipinski definition) is 0. The highest BCUT2D eigenvalue weighted by Crippen LogP contribution is 2.23. The van der Waals surface area contributed by atoms with Crippen molar-refractivity contribution >= 4 is 14.8 Å².